The van der Waals surface area contributed by atoms with Crippen molar-refractivity contribution in [2.45, 2.75) is 13.0 Å². The van der Waals surface area contributed by atoms with Gasteiger partial charge in [0.2, 0.25) is 0 Å². The molecule has 1 aliphatic rings. The largest absolute Gasteiger partial charge is 0.486 e. The first-order valence-corrected chi connectivity index (χ1v) is 10.1. The standard InChI is InChI=1S/C24H21N3O4/c1-15-10-18(12-22(28)26(15)2)30-19-13-27(14-19)24(29)17-8-9-21-20(11-17)23(31-25-21)16-6-4-3-5-7-16/h3-12,19H,13-14H2,1-2H3. The smallest absolute Gasteiger partial charge is 0.254 e. The zero-order valence-electron chi connectivity index (χ0n) is 17.2. The van der Waals surface area contributed by atoms with E-state index in [0.717, 1.165) is 16.6 Å². The van der Waals surface area contributed by atoms with E-state index >= 15 is 0 Å². The van der Waals surface area contributed by atoms with Gasteiger partial charge in [0.25, 0.3) is 11.5 Å². The van der Waals surface area contributed by atoms with Crippen molar-refractivity contribution < 1.29 is 14.1 Å². The number of ether oxygens (including phenoxy) is 1. The Labute approximate surface area is 178 Å². The molecular formula is C24H21N3O4. The summed E-state index contributed by atoms with van der Waals surface area (Å²) in [4.78, 5) is 26.6. The van der Waals surface area contributed by atoms with Crippen molar-refractivity contribution in [2.24, 2.45) is 7.05 Å². The molecule has 5 rings (SSSR count). The molecule has 1 aliphatic heterocycles. The minimum Gasteiger partial charge on any atom is -0.486 e. The fraction of sp³-hybridized carbons (Fsp3) is 0.208. The van der Waals surface area contributed by atoms with E-state index < -0.39 is 0 Å². The molecule has 0 saturated carbocycles. The lowest BCUT2D eigenvalue weighted by Crippen LogP contribution is -2.56. The number of fused-ring (bicyclic) bond motifs is 1. The average Bonchev–Trinajstić information content (AvgIpc) is 3.17. The van der Waals surface area contributed by atoms with Crippen LogP contribution in [0.3, 0.4) is 0 Å². The third-order valence-corrected chi connectivity index (χ3v) is 5.67. The Hall–Kier alpha value is -3.87. The maximum Gasteiger partial charge on any atom is 0.254 e. The molecule has 31 heavy (non-hydrogen) atoms. The molecule has 4 aromatic rings. The van der Waals surface area contributed by atoms with Crippen molar-refractivity contribution >= 4 is 16.8 Å². The number of aryl methyl sites for hydroxylation is 1. The molecule has 1 fully saturated rings. The molecule has 1 amide bonds. The average molecular weight is 415 g/mol. The van der Waals surface area contributed by atoms with Crippen molar-refractivity contribution in [2.75, 3.05) is 13.1 Å². The number of nitrogens with zero attached hydrogens (tertiary/aromatic N) is 3. The number of pyridine rings is 1. The number of carbonyl (C=O) groups is 1. The minimum absolute atomic E-state index is 0.0675. The summed E-state index contributed by atoms with van der Waals surface area (Å²) in [6.07, 6.45) is -0.130. The Morgan fingerprint density at radius 2 is 1.87 bits per heavy atom. The van der Waals surface area contributed by atoms with Gasteiger partial charge in [-0.3, -0.25) is 9.59 Å². The predicted octanol–water partition coefficient (Wildman–Crippen LogP) is 3.41. The van der Waals surface area contributed by atoms with E-state index in [9.17, 15) is 9.59 Å². The van der Waals surface area contributed by atoms with E-state index in [-0.39, 0.29) is 17.6 Å². The lowest BCUT2D eigenvalue weighted by Gasteiger charge is -2.39. The minimum atomic E-state index is -0.130. The van der Waals surface area contributed by atoms with Gasteiger partial charge < -0.3 is 18.7 Å². The zero-order valence-corrected chi connectivity index (χ0v) is 17.2. The third-order valence-electron chi connectivity index (χ3n) is 5.67. The molecule has 0 atom stereocenters. The number of carbonyl (C=O) groups excluding carboxylic acids is 1. The molecule has 0 bridgehead atoms. The van der Waals surface area contributed by atoms with E-state index in [1.807, 2.05) is 49.4 Å². The first-order valence-electron chi connectivity index (χ1n) is 10.1. The summed E-state index contributed by atoms with van der Waals surface area (Å²) in [6.45, 7) is 2.80. The highest BCUT2D eigenvalue weighted by atomic mass is 16.5. The summed E-state index contributed by atoms with van der Waals surface area (Å²) in [5, 5.41) is 4.91. The molecule has 0 radical (unpaired) electrons. The van der Waals surface area contributed by atoms with Crippen LogP contribution in [0.15, 0.2) is 70.0 Å². The van der Waals surface area contributed by atoms with Crippen molar-refractivity contribution in [1.29, 1.82) is 0 Å². The highest BCUT2D eigenvalue weighted by Crippen LogP contribution is 2.30. The van der Waals surface area contributed by atoms with E-state index in [1.54, 1.807) is 28.6 Å². The molecule has 156 valence electrons. The molecule has 2 aromatic heterocycles. The zero-order chi connectivity index (χ0) is 21.5. The number of hydrogen-bond acceptors (Lipinski definition) is 5. The lowest BCUT2D eigenvalue weighted by atomic mass is 10.0. The van der Waals surface area contributed by atoms with Gasteiger partial charge in [-0.05, 0) is 31.2 Å². The Morgan fingerprint density at radius 3 is 2.61 bits per heavy atom. The molecule has 0 spiro atoms. The van der Waals surface area contributed by atoms with Crippen LogP contribution in [0, 0.1) is 6.92 Å². The Balaban J connectivity index is 1.31. The number of likely N-dealkylation sites (tertiary alicyclic amines) is 1. The predicted molar refractivity (Wildman–Crippen MR) is 116 cm³/mol. The first kappa shape index (κ1) is 19.1. The van der Waals surface area contributed by atoms with Crippen LogP contribution in [0.4, 0.5) is 0 Å². The molecule has 0 unspecified atom stereocenters. The van der Waals surface area contributed by atoms with Crippen molar-refractivity contribution in [1.82, 2.24) is 14.6 Å². The second kappa shape index (κ2) is 7.43. The number of aromatic nitrogens is 2. The maximum absolute atomic E-state index is 13.0. The van der Waals surface area contributed by atoms with Crippen LogP contribution >= 0.6 is 0 Å². The molecule has 3 heterocycles. The van der Waals surface area contributed by atoms with Crippen LogP contribution in [-0.2, 0) is 7.05 Å². The summed E-state index contributed by atoms with van der Waals surface area (Å²) in [5.41, 5.74) is 2.91. The normalized spacial score (nSPS) is 13.9. The lowest BCUT2D eigenvalue weighted by molar-refractivity contribution is 0.0177. The number of hydrogen-bond donors (Lipinski definition) is 0. The Bertz CT molecular complexity index is 1330. The van der Waals surface area contributed by atoms with Crippen LogP contribution in [0.5, 0.6) is 5.75 Å². The van der Waals surface area contributed by atoms with Crippen LogP contribution in [0.1, 0.15) is 16.1 Å². The van der Waals surface area contributed by atoms with E-state index in [1.165, 1.54) is 6.07 Å². The van der Waals surface area contributed by atoms with Crippen molar-refractivity contribution in [3.8, 4) is 17.1 Å². The van der Waals surface area contributed by atoms with E-state index in [0.29, 0.717) is 35.7 Å². The molecule has 0 aliphatic carbocycles. The summed E-state index contributed by atoms with van der Waals surface area (Å²) >= 11 is 0. The van der Waals surface area contributed by atoms with Crippen molar-refractivity contribution in [3.63, 3.8) is 0 Å². The van der Waals surface area contributed by atoms with Crippen LogP contribution in [0.2, 0.25) is 0 Å². The van der Waals surface area contributed by atoms with Gasteiger partial charge in [-0.2, -0.15) is 0 Å². The summed E-state index contributed by atoms with van der Waals surface area (Å²) in [5.74, 6) is 1.12. The SMILES string of the molecule is Cc1cc(OC2CN(C(=O)c3ccc4noc(-c5ccccc5)c4c3)C2)cc(=O)n1C. The van der Waals surface area contributed by atoms with Gasteiger partial charge in [-0.15, -0.1) is 0 Å². The van der Waals surface area contributed by atoms with E-state index in [2.05, 4.69) is 5.16 Å². The monoisotopic (exact) mass is 415 g/mol. The molecule has 1 saturated heterocycles. The maximum atomic E-state index is 13.0. The summed E-state index contributed by atoms with van der Waals surface area (Å²) < 4.78 is 13.0. The molecule has 0 N–H and O–H groups in total. The van der Waals surface area contributed by atoms with Crippen LogP contribution in [-0.4, -0.2) is 39.7 Å². The third kappa shape index (κ3) is 3.48. The Kier molecular flexibility index (Phi) is 4.58. The first-order chi connectivity index (χ1) is 15.0. The topological polar surface area (TPSA) is 77.6 Å². The van der Waals surface area contributed by atoms with E-state index in [4.69, 9.17) is 9.26 Å². The highest BCUT2D eigenvalue weighted by molar-refractivity contribution is 6.01. The summed E-state index contributed by atoms with van der Waals surface area (Å²) in [6, 6.07) is 18.4. The molecular weight excluding hydrogens is 394 g/mol. The fourth-order valence-electron chi connectivity index (χ4n) is 3.73. The van der Waals surface area contributed by atoms with Gasteiger partial charge in [-0.1, -0.05) is 35.5 Å². The van der Waals surface area contributed by atoms with Crippen LogP contribution < -0.4 is 10.3 Å². The van der Waals surface area contributed by atoms with Crippen molar-refractivity contribution in [3.05, 3.63) is 82.3 Å². The molecule has 2 aromatic carbocycles. The highest BCUT2D eigenvalue weighted by Gasteiger charge is 2.33. The molecule has 7 nitrogen and oxygen atoms in total. The van der Waals surface area contributed by atoms with Crippen LogP contribution in [0.25, 0.3) is 22.2 Å². The van der Waals surface area contributed by atoms with Gasteiger partial charge in [0.05, 0.1) is 18.5 Å². The number of rotatable bonds is 4. The number of amides is 1. The second-order valence-electron chi connectivity index (χ2n) is 7.79. The summed E-state index contributed by atoms with van der Waals surface area (Å²) in [7, 11) is 1.72. The van der Waals surface area contributed by atoms with Gasteiger partial charge in [0.15, 0.2) is 5.76 Å². The quantitative estimate of drug-likeness (QED) is 0.511. The number of benzene rings is 2. The van der Waals surface area contributed by atoms with Gasteiger partial charge in [0, 0.05) is 29.9 Å². The second-order valence-corrected chi connectivity index (χ2v) is 7.79. The fourth-order valence-corrected chi connectivity index (χ4v) is 3.73. The Morgan fingerprint density at radius 1 is 1.10 bits per heavy atom. The van der Waals surface area contributed by atoms with Gasteiger partial charge in [0.1, 0.15) is 17.4 Å². The van der Waals surface area contributed by atoms with Gasteiger partial charge >= 0.3 is 0 Å². The van der Waals surface area contributed by atoms with Gasteiger partial charge in [-0.25, -0.2) is 0 Å². The molecule has 7 heteroatoms.